The van der Waals surface area contributed by atoms with E-state index in [2.05, 4.69) is 29.5 Å². The maximum Gasteiger partial charge on any atom is 0.102 e. The molecule has 0 aliphatic heterocycles. The molecule has 0 aliphatic rings. The lowest BCUT2D eigenvalue weighted by molar-refractivity contribution is 0.109. The Hall–Kier alpha value is -0.940. The number of rotatable bonds is 6. The zero-order chi connectivity index (χ0) is 12.1. The lowest BCUT2D eigenvalue weighted by Crippen LogP contribution is -2.15. The van der Waals surface area contributed by atoms with Gasteiger partial charge in [0.2, 0.25) is 0 Å². The number of ether oxygens (including phenoxy) is 1. The van der Waals surface area contributed by atoms with E-state index >= 15 is 0 Å². The molecule has 1 aromatic rings. The number of nitrogens with one attached hydrogen (secondary N) is 1. The highest BCUT2D eigenvalue weighted by Crippen LogP contribution is 2.19. The normalized spacial score (nSPS) is 13.4. The molecule has 16 heavy (non-hydrogen) atoms. The minimum absolute atomic E-state index is 0.0251. The molecule has 1 aromatic heterocycles. The van der Waals surface area contributed by atoms with E-state index in [1.807, 2.05) is 18.7 Å². The Bertz CT molecular complexity index is 322. The number of hydrogen-bond acceptors (Lipinski definition) is 4. The lowest BCUT2D eigenvalue weighted by atomic mass is 10.2. The molecule has 0 radical (unpaired) electrons. The topological polar surface area (TPSA) is 52.0 Å². The van der Waals surface area contributed by atoms with Gasteiger partial charge in [-0.1, -0.05) is 19.1 Å². The number of aromatic nitrogens is 3. The van der Waals surface area contributed by atoms with Crippen LogP contribution in [0.2, 0.25) is 0 Å². The average Bonchev–Trinajstić information content (AvgIpc) is 2.60. The fraction of sp³-hybridized carbons (Fsp3) is 0.818. The molecule has 0 bridgehead atoms. The molecule has 5 heteroatoms. The van der Waals surface area contributed by atoms with Crippen LogP contribution in [-0.2, 0) is 17.8 Å². The van der Waals surface area contributed by atoms with Gasteiger partial charge in [0, 0.05) is 20.2 Å². The fourth-order valence-electron chi connectivity index (χ4n) is 1.69. The number of nitrogens with zero attached hydrogens (tertiary/aromatic N) is 3. The molecule has 0 saturated carbocycles. The average molecular weight is 226 g/mol. The first kappa shape index (κ1) is 13.1. The first-order valence-electron chi connectivity index (χ1n) is 5.69. The van der Waals surface area contributed by atoms with Crippen LogP contribution < -0.4 is 5.32 Å². The second-order valence-electron chi connectivity index (χ2n) is 4.41. The van der Waals surface area contributed by atoms with Crippen LogP contribution in [0.15, 0.2) is 0 Å². The van der Waals surface area contributed by atoms with Gasteiger partial charge < -0.3 is 10.1 Å². The SMILES string of the molecule is CNCc1nnn(CC(C)C)c1C(C)OC. The second-order valence-corrected chi connectivity index (χ2v) is 4.41. The third-order valence-electron chi connectivity index (χ3n) is 2.47. The van der Waals surface area contributed by atoms with Gasteiger partial charge in [-0.2, -0.15) is 0 Å². The van der Waals surface area contributed by atoms with Crippen molar-refractivity contribution in [3.05, 3.63) is 11.4 Å². The largest absolute Gasteiger partial charge is 0.375 e. The fourth-order valence-corrected chi connectivity index (χ4v) is 1.69. The van der Waals surface area contributed by atoms with E-state index in [1.165, 1.54) is 0 Å². The summed E-state index contributed by atoms with van der Waals surface area (Å²) >= 11 is 0. The second kappa shape index (κ2) is 5.96. The molecule has 1 unspecified atom stereocenters. The standard InChI is InChI=1S/C11H22N4O/c1-8(2)7-15-11(9(3)16-5)10(6-12-4)13-14-15/h8-9,12H,6-7H2,1-5H3. The summed E-state index contributed by atoms with van der Waals surface area (Å²) in [4.78, 5) is 0. The van der Waals surface area contributed by atoms with E-state index in [1.54, 1.807) is 7.11 Å². The van der Waals surface area contributed by atoms with Crippen molar-refractivity contribution in [3.8, 4) is 0 Å². The Labute approximate surface area is 97.2 Å². The Morgan fingerprint density at radius 1 is 1.38 bits per heavy atom. The zero-order valence-corrected chi connectivity index (χ0v) is 10.8. The Kier molecular flexibility index (Phi) is 4.89. The minimum atomic E-state index is 0.0251. The molecule has 0 fully saturated rings. The van der Waals surface area contributed by atoms with Crippen LogP contribution in [0.3, 0.4) is 0 Å². The quantitative estimate of drug-likeness (QED) is 0.795. The van der Waals surface area contributed by atoms with Gasteiger partial charge in [0.1, 0.15) is 5.69 Å². The van der Waals surface area contributed by atoms with E-state index in [9.17, 15) is 0 Å². The van der Waals surface area contributed by atoms with Gasteiger partial charge in [0.15, 0.2) is 0 Å². The number of hydrogen-bond donors (Lipinski definition) is 1. The predicted molar refractivity (Wildman–Crippen MR) is 63.0 cm³/mol. The summed E-state index contributed by atoms with van der Waals surface area (Å²) in [6.07, 6.45) is 0.0251. The molecular weight excluding hydrogens is 204 g/mol. The van der Waals surface area contributed by atoms with Crippen LogP contribution in [0, 0.1) is 5.92 Å². The molecular formula is C11H22N4O. The molecule has 0 aromatic carbocycles. The predicted octanol–water partition coefficient (Wildman–Crippen LogP) is 1.36. The molecule has 92 valence electrons. The highest BCUT2D eigenvalue weighted by atomic mass is 16.5. The Morgan fingerprint density at radius 3 is 2.56 bits per heavy atom. The van der Waals surface area contributed by atoms with Gasteiger partial charge in [-0.25, -0.2) is 4.68 Å². The summed E-state index contributed by atoms with van der Waals surface area (Å²) < 4.78 is 7.33. The summed E-state index contributed by atoms with van der Waals surface area (Å²) in [6.45, 7) is 7.96. The van der Waals surface area contributed by atoms with Crippen LogP contribution in [-0.4, -0.2) is 29.2 Å². The van der Waals surface area contributed by atoms with E-state index < -0.39 is 0 Å². The monoisotopic (exact) mass is 226 g/mol. The lowest BCUT2D eigenvalue weighted by Gasteiger charge is -2.14. The molecule has 0 amide bonds. The van der Waals surface area contributed by atoms with Crippen LogP contribution in [0.4, 0.5) is 0 Å². The van der Waals surface area contributed by atoms with E-state index in [4.69, 9.17) is 4.74 Å². The highest BCUT2D eigenvalue weighted by molar-refractivity contribution is 5.13. The Balaban J connectivity index is 2.98. The molecule has 1 N–H and O–H groups in total. The van der Waals surface area contributed by atoms with Crippen LogP contribution in [0.1, 0.15) is 38.3 Å². The summed E-state index contributed by atoms with van der Waals surface area (Å²) in [5.74, 6) is 0.548. The van der Waals surface area contributed by atoms with Crippen molar-refractivity contribution in [1.29, 1.82) is 0 Å². The van der Waals surface area contributed by atoms with Gasteiger partial charge >= 0.3 is 0 Å². The van der Waals surface area contributed by atoms with Crippen molar-refractivity contribution in [2.45, 2.75) is 40.0 Å². The third-order valence-corrected chi connectivity index (χ3v) is 2.47. The van der Waals surface area contributed by atoms with E-state index in [0.717, 1.165) is 24.5 Å². The molecule has 5 nitrogen and oxygen atoms in total. The van der Waals surface area contributed by atoms with Crippen LogP contribution in [0.25, 0.3) is 0 Å². The summed E-state index contributed by atoms with van der Waals surface area (Å²) in [5, 5.41) is 11.5. The van der Waals surface area contributed by atoms with Crippen molar-refractivity contribution < 1.29 is 4.74 Å². The molecule has 0 spiro atoms. The summed E-state index contributed by atoms with van der Waals surface area (Å²) in [7, 11) is 3.61. The Morgan fingerprint density at radius 2 is 2.06 bits per heavy atom. The molecule has 0 saturated heterocycles. The highest BCUT2D eigenvalue weighted by Gasteiger charge is 2.18. The van der Waals surface area contributed by atoms with Gasteiger partial charge in [0.25, 0.3) is 0 Å². The van der Waals surface area contributed by atoms with Gasteiger partial charge in [0.05, 0.1) is 11.8 Å². The summed E-state index contributed by atoms with van der Waals surface area (Å²) in [6, 6.07) is 0. The van der Waals surface area contributed by atoms with Gasteiger partial charge in [-0.05, 0) is 19.9 Å². The molecule has 1 atom stereocenters. The van der Waals surface area contributed by atoms with Gasteiger partial charge in [-0.3, -0.25) is 0 Å². The van der Waals surface area contributed by atoms with Crippen LogP contribution in [0.5, 0.6) is 0 Å². The van der Waals surface area contributed by atoms with E-state index in [-0.39, 0.29) is 6.10 Å². The van der Waals surface area contributed by atoms with Crippen molar-refractivity contribution >= 4 is 0 Å². The van der Waals surface area contributed by atoms with E-state index in [0.29, 0.717) is 5.92 Å². The van der Waals surface area contributed by atoms with Crippen molar-refractivity contribution in [2.75, 3.05) is 14.2 Å². The van der Waals surface area contributed by atoms with Gasteiger partial charge in [-0.15, -0.1) is 5.10 Å². The molecule has 1 rings (SSSR count). The minimum Gasteiger partial charge on any atom is -0.375 e. The summed E-state index contributed by atoms with van der Waals surface area (Å²) in [5.41, 5.74) is 2.04. The maximum absolute atomic E-state index is 5.38. The molecule has 0 aliphatic carbocycles. The smallest absolute Gasteiger partial charge is 0.102 e. The first-order chi connectivity index (χ1) is 7.60. The molecule has 1 heterocycles. The number of methoxy groups -OCH3 is 1. The first-order valence-corrected chi connectivity index (χ1v) is 5.69. The maximum atomic E-state index is 5.38. The van der Waals surface area contributed by atoms with Crippen molar-refractivity contribution in [3.63, 3.8) is 0 Å². The van der Waals surface area contributed by atoms with Crippen molar-refractivity contribution in [2.24, 2.45) is 5.92 Å². The zero-order valence-electron chi connectivity index (χ0n) is 10.8. The third kappa shape index (κ3) is 3.02. The van der Waals surface area contributed by atoms with Crippen LogP contribution >= 0.6 is 0 Å². The van der Waals surface area contributed by atoms with Crippen molar-refractivity contribution in [1.82, 2.24) is 20.3 Å².